The van der Waals surface area contributed by atoms with Crippen molar-refractivity contribution in [2.75, 3.05) is 6.54 Å². The van der Waals surface area contributed by atoms with Crippen molar-refractivity contribution in [3.63, 3.8) is 0 Å². The van der Waals surface area contributed by atoms with Crippen molar-refractivity contribution < 1.29 is 4.79 Å². The van der Waals surface area contributed by atoms with E-state index in [1.165, 1.54) is 0 Å². The van der Waals surface area contributed by atoms with Crippen molar-refractivity contribution >= 4 is 5.91 Å². The first kappa shape index (κ1) is 11.0. The van der Waals surface area contributed by atoms with Gasteiger partial charge in [0.25, 0.3) is 0 Å². The van der Waals surface area contributed by atoms with Crippen molar-refractivity contribution in [3.05, 3.63) is 23.8 Å². The molecule has 1 aliphatic heterocycles. The average Bonchev–Trinajstić information content (AvgIpc) is 2.52. The Morgan fingerprint density at radius 3 is 3.00 bits per heavy atom. The van der Waals surface area contributed by atoms with E-state index in [9.17, 15) is 4.79 Å². The quantitative estimate of drug-likeness (QED) is 0.783. The number of hydrogen-bond donors (Lipinski definition) is 1. The van der Waals surface area contributed by atoms with Gasteiger partial charge in [-0.25, -0.2) is 9.97 Å². The van der Waals surface area contributed by atoms with Gasteiger partial charge >= 0.3 is 0 Å². The van der Waals surface area contributed by atoms with E-state index >= 15 is 0 Å². The predicted molar refractivity (Wildman–Crippen MR) is 59.5 cm³/mol. The first-order valence-corrected chi connectivity index (χ1v) is 5.48. The van der Waals surface area contributed by atoms with Gasteiger partial charge in [0.15, 0.2) is 0 Å². The third kappa shape index (κ3) is 1.78. The number of carbonyl (C=O) groups is 1. The van der Waals surface area contributed by atoms with Gasteiger partial charge in [0.1, 0.15) is 5.82 Å². The fourth-order valence-electron chi connectivity index (χ4n) is 2.21. The van der Waals surface area contributed by atoms with Gasteiger partial charge < -0.3 is 10.6 Å². The first-order chi connectivity index (χ1) is 7.63. The van der Waals surface area contributed by atoms with Crippen molar-refractivity contribution in [1.82, 2.24) is 14.9 Å². The minimum absolute atomic E-state index is 0.0980. The van der Waals surface area contributed by atoms with E-state index < -0.39 is 0 Å². The number of nitrogens with zero attached hydrogens (tertiary/aromatic N) is 3. The number of aryl methyl sites for hydroxylation is 1. The highest BCUT2D eigenvalue weighted by Crippen LogP contribution is 2.30. The summed E-state index contributed by atoms with van der Waals surface area (Å²) in [5.41, 5.74) is 6.84. The Bertz CT molecular complexity index is 407. The highest BCUT2D eigenvalue weighted by Gasteiger charge is 2.38. The van der Waals surface area contributed by atoms with Crippen LogP contribution in [0.2, 0.25) is 0 Å². The van der Waals surface area contributed by atoms with Crippen molar-refractivity contribution in [1.29, 1.82) is 0 Å². The van der Waals surface area contributed by atoms with Crippen LogP contribution in [-0.4, -0.2) is 33.4 Å². The Labute approximate surface area is 94.7 Å². The summed E-state index contributed by atoms with van der Waals surface area (Å²) < 4.78 is 0. The van der Waals surface area contributed by atoms with Crippen LogP contribution in [0.1, 0.15) is 30.9 Å². The van der Waals surface area contributed by atoms with Crippen LogP contribution in [-0.2, 0) is 4.79 Å². The third-order valence-corrected chi connectivity index (χ3v) is 2.91. The lowest BCUT2D eigenvalue weighted by Gasteiger charge is -2.25. The number of likely N-dealkylation sites (N-methyl/N-ethyl adjacent to an activating group) is 1. The lowest BCUT2D eigenvalue weighted by molar-refractivity contribution is -0.128. The van der Waals surface area contributed by atoms with E-state index in [4.69, 9.17) is 5.73 Å². The van der Waals surface area contributed by atoms with Crippen LogP contribution < -0.4 is 5.73 Å². The number of amides is 1. The zero-order valence-electron chi connectivity index (χ0n) is 9.55. The van der Waals surface area contributed by atoms with E-state index in [1.807, 2.05) is 19.9 Å². The van der Waals surface area contributed by atoms with E-state index in [0.717, 1.165) is 5.69 Å². The fraction of sp³-hybridized carbons (Fsp3) is 0.545. The van der Waals surface area contributed by atoms with Crippen LogP contribution >= 0.6 is 0 Å². The molecule has 2 rings (SSSR count). The molecule has 0 bridgehead atoms. The van der Waals surface area contributed by atoms with Crippen LogP contribution in [0, 0.1) is 6.92 Å². The molecular formula is C11H16N4O. The zero-order valence-corrected chi connectivity index (χ0v) is 9.55. The number of aromatic nitrogens is 2. The molecule has 0 aliphatic carbocycles. The standard InChI is InChI=1S/C11H16N4O/c1-3-15-10(16)6-8(12)11(15)9-4-5-13-7(2)14-9/h4-5,8,11H,3,6,12H2,1-2H3. The van der Waals surface area contributed by atoms with Gasteiger partial charge in [-0.15, -0.1) is 0 Å². The maximum absolute atomic E-state index is 11.7. The van der Waals surface area contributed by atoms with E-state index in [0.29, 0.717) is 18.8 Å². The van der Waals surface area contributed by atoms with Crippen molar-refractivity contribution in [2.24, 2.45) is 5.73 Å². The molecule has 0 spiro atoms. The molecule has 1 saturated heterocycles. The van der Waals surface area contributed by atoms with Crippen molar-refractivity contribution in [3.8, 4) is 0 Å². The zero-order chi connectivity index (χ0) is 11.7. The van der Waals surface area contributed by atoms with Gasteiger partial charge in [0.05, 0.1) is 11.7 Å². The monoisotopic (exact) mass is 220 g/mol. The van der Waals surface area contributed by atoms with Gasteiger partial charge in [0, 0.05) is 25.2 Å². The highest BCUT2D eigenvalue weighted by atomic mass is 16.2. The Balaban J connectivity index is 2.35. The smallest absolute Gasteiger partial charge is 0.224 e. The molecular weight excluding hydrogens is 204 g/mol. The number of hydrogen-bond acceptors (Lipinski definition) is 4. The van der Waals surface area contributed by atoms with Crippen LogP contribution in [0.15, 0.2) is 12.3 Å². The van der Waals surface area contributed by atoms with Gasteiger partial charge in [-0.2, -0.15) is 0 Å². The lowest BCUT2D eigenvalue weighted by Crippen LogP contribution is -2.33. The normalized spacial score (nSPS) is 25.2. The summed E-state index contributed by atoms with van der Waals surface area (Å²) in [5.74, 6) is 0.816. The average molecular weight is 220 g/mol. The second-order valence-electron chi connectivity index (χ2n) is 4.02. The number of carbonyl (C=O) groups excluding carboxylic acids is 1. The molecule has 5 heteroatoms. The maximum atomic E-state index is 11.7. The predicted octanol–water partition coefficient (Wildman–Crippen LogP) is 0.406. The van der Waals surface area contributed by atoms with Crippen LogP contribution in [0.25, 0.3) is 0 Å². The molecule has 5 nitrogen and oxygen atoms in total. The van der Waals surface area contributed by atoms with Gasteiger partial charge in [-0.1, -0.05) is 0 Å². The van der Waals surface area contributed by atoms with Crippen LogP contribution in [0.5, 0.6) is 0 Å². The number of rotatable bonds is 2. The molecule has 2 atom stereocenters. The first-order valence-electron chi connectivity index (χ1n) is 5.48. The summed E-state index contributed by atoms with van der Waals surface area (Å²) in [5, 5.41) is 0. The molecule has 1 fully saturated rings. The van der Waals surface area contributed by atoms with Gasteiger partial charge in [-0.3, -0.25) is 4.79 Å². The molecule has 2 heterocycles. The largest absolute Gasteiger partial charge is 0.333 e. The summed E-state index contributed by atoms with van der Waals surface area (Å²) in [4.78, 5) is 21.9. The number of likely N-dealkylation sites (tertiary alicyclic amines) is 1. The van der Waals surface area contributed by atoms with E-state index in [1.54, 1.807) is 11.1 Å². The molecule has 1 aromatic heterocycles. The van der Waals surface area contributed by atoms with Gasteiger partial charge in [0.2, 0.25) is 5.91 Å². The summed E-state index contributed by atoms with van der Waals surface area (Å²) in [7, 11) is 0. The molecule has 1 amide bonds. The highest BCUT2D eigenvalue weighted by molar-refractivity contribution is 5.80. The van der Waals surface area contributed by atoms with E-state index in [2.05, 4.69) is 9.97 Å². The summed E-state index contributed by atoms with van der Waals surface area (Å²) in [6, 6.07) is 1.57. The minimum Gasteiger partial charge on any atom is -0.333 e. The fourth-order valence-corrected chi connectivity index (χ4v) is 2.21. The summed E-state index contributed by atoms with van der Waals surface area (Å²) in [6.45, 7) is 4.46. The molecule has 16 heavy (non-hydrogen) atoms. The van der Waals surface area contributed by atoms with Crippen LogP contribution in [0.3, 0.4) is 0 Å². The Morgan fingerprint density at radius 2 is 2.38 bits per heavy atom. The van der Waals surface area contributed by atoms with Crippen molar-refractivity contribution in [2.45, 2.75) is 32.4 Å². The molecule has 2 unspecified atom stereocenters. The second-order valence-corrected chi connectivity index (χ2v) is 4.02. The molecule has 2 N–H and O–H groups in total. The molecule has 1 aromatic rings. The number of nitrogens with two attached hydrogens (primary N) is 1. The summed E-state index contributed by atoms with van der Waals surface area (Å²) in [6.07, 6.45) is 2.11. The lowest BCUT2D eigenvalue weighted by atomic mass is 10.1. The van der Waals surface area contributed by atoms with Crippen LogP contribution in [0.4, 0.5) is 0 Å². The SMILES string of the molecule is CCN1C(=O)CC(N)C1c1ccnc(C)n1. The third-order valence-electron chi connectivity index (χ3n) is 2.91. The second kappa shape index (κ2) is 4.17. The molecule has 0 saturated carbocycles. The Hall–Kier alpha value is -1.49. The maximum Gasteiger partial charge on any atom is 0.224 e. The summed E-state index contributed by atoms with van der Waals surface area (Å²) >= 11 is 0. The Morgan fingerprint density at radius 1 is 1.62 bits per heavy atom. The topological polar surface area (TPSA) is 72.1 Å². The molecule has 1 aliphatic rings. The van der Waals surface area contributed by atoms with Gasteiger partial charge in [-0.05, 0) is 19.9 Å². The van der Waals surface area contributed by atoms with E-state index in [-0.39, 0.29) is 18.0 Å². The molecule has 0 radical (unpaired) electrons. The molecule has 86 valence electrons. The minimum atomic E-state index is -0.165. The Kier molecular flexibility index (Phi) is 2.87. The molecule has 0 aromatic carbocycles.